The maximum atomic E-state index is 12.6. The second kappa shape index (κ2) is 11.2. The minimum Gasteiger partial charge on any atom is -0.461 e. The first-order valence-corrected chi connectivity index (χ1v) is 10.9. The summed E-state index contributed by atoms with van der Waals surface area (Å²) in [6.45, 7) is 8.87. The standard InChI is InChI=1S/C26H28N2O5/c1-4-28(5-2)14-15-32-25(30)13-9-19-8-12-23-21(16-19)22(29)17-24(33-23)26(31)27-20-10-6-18(3)7-11-20/h6-13,16-17H,4-5,14-15H2,1-3H3,(H,27,31)/b13-9+. The van der Waals surface area contributed by atoms with Crippen molar-refractivity contribution in [2.24, 2.45) is 0 Å². The van der Waals surface area contributed by atoms with E-state index in [4.69, 9.17) is 9.15 Å². The number of amides is 1. The van der Waals surface area contributed by atoms with Gasteiger partial charge in [-0.15, -0.1) is 0 Å². The molecule has 0 aliphatic heterocycles. The van der Waals surface area contributed by atoms with Gasteiger partial charge in [-0.25, -0.2) is 4.79 Å². The molecule has 33 heavy (non-hydrogen) atoms. The molecule has 1 heterocycles. The van der Waals surface area contributed by atoms with Crippen LogP contribution in [0.15, 0.2) is 63.8 Å². The van der Waals surface area contributed by atoms with Crippen LogP contribution in [-0.4, -0.2) is 43.0 Å². The largest absolute Gasteiger partial charge is 0.461 e. The maximum Gasteiger partial charge on any atom is 0.330 e. The molecule has 3 aromatic rings. The Morgan fingerprint density at radius 2 is 1.79 bits per heavy atom. The van der Waals surface area contributed by atoms with Crippen LogP contribution >= 0.6 is 0 Å². The molecule has 3 rings (SSSR count). The number of nitrogens with zero attached hydrogens (tertiary/aromatic N) is 1. The van der Waals surface area contributed by atoms with Gasteiger partial charge in [0.05, 0.1) is 5.39 Å². The van der Waals surface area contributed by atoms with Crippen molar-refractivity contribution in [1.82, 2.24) is 4.90 Å². The van der Waals surface area contributed by atoms with Crippen molar-refractivity contribution >= 4 is 34.6 Å². The van der Waals surface area contributed by atoms with Crippen LogP contribution in [0.2, 0.25) is 0 Å². The second-order valence-corrected chi connectivity index (χ2v) is 7.58. The summed E-state index contributed by atoms with van der Waals surface area (Å²) in [4.78, 5) is 39.2. The molecule has 0 saturated heterocycles. The molecule has 0 saturated carbocycles. The zero-order valence-corrected chi connectivity index (χ0v) is 19.1. The first-order chi connectivity index (χ1) is 15.9. The van der Waals surface area contributed by atoms with Crippen LogP contribution in [0.3, 0.4) is 0 Å². The molecule has 1 amide bonds. The molecule has 7 heteroatoms. The molecule has 0 radical (unpaired) electrons. The van der Waals surface area contributed by atoms with E-state index in [2.05, 4.69) is 24.1 Å². The summed E-state index contributed by atoms with van der Waals surface area (Å²) in [7, 11) is 0. The molecule has 2 aromatic carbocycles. The van der Waals surface area contributed by atoms with Gasteiger partial charge in [0, 0.05) is 24.4 Å². The molecule has 7 nitrogen and oxygen atoms in total. The van der Waals surface area contributed by atoms with Gasteiger partial charge in [0.2, 0.25) is 0 Å². The second-order valence-electron chi connectivity index (χ2n) is 7.58. The molecular formula is C26H28N2O5. The first kappa shape index (κ1) is 23.9. The van der Waals surface area contributed by atoms with Crippen molar-refractivity contribution in [3.8, 4) is 0 Å². The van der Waals surface area contributed by atoms with Crippen molar-refractivity contribution in [2.75, 3.05) is 31.6 Å². The number of anilines is 1. The molecule has 172 valence electrons. The van der Waals surface area contributed by atoms with E-state index in [0.29, 0.717) is 29.8 Å². The molecule has 0 aliphatic carbocycles. The van der Waals surface area contributed by atoms with E-state index in [1.54, 1.807) is 36.4 Å². The molecule has 0 bridgehead atoms. The number of hydrogen-bond donors (Lipinski definition) is 1. The molecular weight excluding hydrogens is 420 g/mol. The topological polar surface area (TPSA) is 88.8 Å². The normalized spacial score (nSPS) is 11.3. The number of hydrogen-bond acceptors (Lipinski definition) is 6. The van der Waals surface area contributed by atoms with Crippen molar-refractivity contribution in [3.63, 3.8) is 0 Å². The van der Waals surface area contributed by atoms with Gasteiger partial charge in [0.1, 0.15) is 12.2 Å². The average Bonchev–Trinajstić information content (AvgIpc) is 2.82. The number of carbonyl (C=O) groups excluding carboxylic acids is 2. The van der Waals surface area contributed by atoms with E-state index in [1.807, 2.05) is 19.1 Å². The molecule has 0 spiro atoms. The number of fused-ring (bicyclic) bond motifs is 1. The number of carbonyl (C=O) groups is 2. The van der Waals surface area contributed by atoms with Crippen LogP contribution in [0, 0.1) is 6.92 Å². The Morgan fingerprint density at radius 1 is 1.06 bits per heavy atom. The van der Waals surface area contributed by atoms with E-state index in [-0.39, 0.29) is 16.8 Å². The zero-order valence-electron chi connectivity index (χ0n) is 19.1. The minimum absolute atomic E-state index is 0.0758. The minimum atomic E-state index is -0.505. The molecule has 1 N–H and O–H groups in total. The monoisotopic (exact) mass is 448 g/mol. The van der Waals surface area contributed by atoms with Crippen molar-refractivity contribution < 1.29 is 18.7 Å². The highest BCUT2D eigenvalue weighted by molar-refractivity contribution is 6.03. The van der Waals surface area contributed by atoms with Gasteiger partial charge in [-0.1, -0.05) is 37.6 Å². The van der Waals surface area contributed by atoms with Crippen LogP contribution in [0.1, 0.15) is 35.5 Å². The lowest BCUT2D eigenvalue weighted by Crippen LogP contribution is -2.27. The molecule has 0 fully saturated rings. The molecule has 0 aliphatic rings. The summed E-state index contributed by atoms with van der Waals surface area (Å²) in [6.07, 6.45) is 2.91. The number of nitrogens with one attached hydrogen (secondary N) is 1. The lowest BCUT2D eigenvalue weighted by molar-refractivity contribution is -0.138. The Hall–Kier alpha value is -3.71. The number of ether oxygens (including phenoxy) is 1. The fourth-order valence-corrected chi connectivity index (χ4v) is 3.25. The Kier molecular flexibility index (Phi) is 8.16. The summed E-state index contributed by atoms with van der Waals surface area (Å²) >= 11 is 0. The SMILES string of the molecule is CCN(CC)CCOC(=O)/C=C/c1ccc2oc(C(=O)Nc3ccc(C)cc3)cc(=O)c2c1. The quantitative estimate of drug-likeness (QED) is 0.389. The third kappa shape index (κ3) is 6.63. The molecule has 0 unspecified atom stereocenters. The van der Waals surface area contributed by atoms with Crippen LogP contribution in [0.5, 0.6) is 0 Å². The van der Waals surface area contributed by atoms with Gasteiger partial charge in [0.25, 0.3) is 5.91 Å². The highest BCUT2D eigenvalue weighted by atomic mass is 16.5. The lowest BCUT2D eigenvalue weighted by atomic mass is 10.1. The number of aryl methyl sites for hydroxylation is 1. The summed E-state index contributed by atoms with van der Waals surface area (Å²) < 4.78 is 10.9. The lowest BCUT2D eigenvalue weighted by Gasteiger charge is -2.16. The smallest absolute Gasteiger partial charge is 0.330 e. The maximum absolute atomic E-state index is 12.6. The predicted molar refractivity (Wildman–Crippen MR) is 129 cm³/mol. The number of rotatable bonds is 9. The van der Waals surface area contributed by atoms with Gasteiger partial charge in [-0.3, -0.25) is 9.59 Å². The summed E-state index contributed by atoms with van der Waals surface area (Å²) in [5.74, 6) is -1.03. The van der Waals surface area contributed by atoms with Crippen molar-refractivity contribution in [1.29, 1.82) is 0 Å². The van der Waals surface area contributed by atoms with Gasteiger partial charge < -0.3 is 19.4 Å². The van der Waals surface area contributed by atoms with E-state index >= 15 is 0 Å². The third-order valence-corrected chi connectivity index (χ3v) is 5.24. The number of likely N-dealkylation sites (N-methyl/N-ethyl adjacent to an activating group) is 1. The zero-order chi connectivity index (χ0) is 23.8. The molecule has 1 aromatic heterocycles. The van der Waals surface area contributed by atoms with Crippen LogP contribution in [0.4, 0.5) is 5.69 Å². The van der Waals surface area contributed by atoms with Crippen LogP contribution in [0.25, 0.3) is 17.0 Å². The van der Waals surface area contributed by atoms with Crippen molar-refractivity contribution in [3.05, 3.63) is 81.7 Å². The Labute approximate surface area is 192 Å². The van der Waals surface area contributed by atoms with E-state index < -0.39 is 11.9 Å². The summed E-state index contributed by atoms with van der Waals surface area (Å²) in [5.41, 5.74) is 2.27. The van der Waals surface area contributed by atoms with E-state index in [1.165, 1.54) is 12.1 Å². The predicted octanol–water partition coefficient (Wildman–Crippen LogP) is 4.25. The van der Waals surface area contributed by atoms with Gasteiger partial charge in [-0.05, 0) is 55.9 Å². The van der Waals surface area contributed by atoms with Gasteiger partial charge in [-0.2, -0.15) is 0 Å². The number of esters is 1. The highest BCUT2D eigenvalue weighted by Crippen LogP contribution is 2.17. The Morgan fingerprint density at radius 3 is 2.48 bits per heavy atom. The highest BCUT2D eigenvalue weighted by Gasteiger charge is 2.13. The van der Waals surface area contributed by atoms with Crippen LogP contribution in [-0.2, 0) is 9.53 Å². The fraction of sp³-hybridized carbons (Fsp3) is 0.269. The Bertz CT molecular complexity index is 1210. The summed E-state index contributed by atoms with van der Waals surface area (Å²) in [5, 5.41) is 3.03. The fourth-order valence-electron chi connectivity index (χ4n) is 3.25. The van der Waals surface area contributed by atoms with Gasteiger partial charge in [0.15, 0.2) is 11.2 Å². The Balaban J connectivity index is 1.68. The van der Waals surface area contributed by atoms with E-state index in [0.717, 1.165) is 18.7 Å². The number of benzene rings is 2. The summed E-state index contributed by atoms with van der Waals surface area (Å²) in [6, 6.07) is 13.4. The average molecular weight is 449 g/mol. The third-order valence-electron chi connectivity index (χ3n) is 5.24. The first-order valence-electron chi connectivity index (χ1n) is 10.9. The van der Waals surface area contributed by atoms with Crippen molar-refractivity contribution in [2.45, 2.75) is 20.8 Å². The van der Waals surface area contributed by atoms with Crippen LogP contribution < -0.4 is 10.7 Å². The molecule has 0 atom stereocenters. The van der Waals surface area contributed by atoms with Gasteiger partial charge >= 0.3 is 5.97 Å². The van der Waals surface area contributed by atoms with E-state index in [9.17, 15) is 14.4 Å².